The van der Waals surface area contributed by atoms with E-state index in [1.807, 2.05) is 12.1 Å². The van der Waals surface area contributed by atoms with Gasteiger partial charge in [0.05, 0.1) is 6.21 Å². The van der Waals surface area contributed by atoms with Crippen LogP contribution < -0.4 is 0 Å². The highest BCUT2D eigenvalue weighted by Crippen LogP contribution is 2.02. The molecule has 1 aromatic rings. The molecule has 0 atom stereocenters. The molecule has 0 saturated carbocycles. The zero-order chi connectivity index (χ0) is 11.6. The van der Waals surface area contributed by atoms with Gasteiger partial charge in [0.15, 0.2) is 0 Å². The molecular formula is C14H21NO. The Bertz CT molecular complexity index is 320. The van der Waals surface area contributed by atoms with Crippen LogP contribution in [0.2, 0.25) is 0 Å². The smallest absolute Gasteiger partial charge is 0.117 e. The van der Waals surface area contributed by atoms with E-state index >= 15 is 0 Å². The average molecular weight is 219 g/mol. The molecule has 88 valence electrons. The molecule has 0 amide bonds. The molecule has 0 saturated heterocycles. The fraction of sp³-hybridized carbons (Fsp3) is 0.500. The molecule has 0 fully saturated rings. The van der Waals surface area contributed by atoms with E-state index in [1.165, 1.54) is 24.8 Å². The van der Waals surface area contributed by atoms with Gasteiger partial charge in [0.25, 0.3) is 0 Å². The number of nitrogens with zero attached hydrogens (tertiary/aromatic N) is 1. The van der Waals surface area contributed by atoms with Gasteiger partial charge in [-0.1, -0.05) is 54.8 Å². The van der Waals surface area contributed by atoms with Crippen molar-refractivity contribution in [3.8, 4) is 0 Å². The number of oxime groups is 1. The second-order valence-corrected chi connectivity index (χ2v) is 4.04. The van der Waals surface area contributed by atoms with Crippen molar-refractivity contribution in [2.75, 3.05) is 6.61 Å². The topological polar surface area (TPSA) is 21.6 Å². The van der Waals surface area contributed by atoms with Gasteiger partial charge >= 0.3 is 0 Å². The third-order valence-electron chi connectivity index (χ3n) is 2.41. The Morgan fingerprint density at radius 1 is 1.25 bits per heavy atom. The maximum atomic E-state index is 5.19. The summed E-state index contributed by atoms with van der Waals surface area (Å²) >= 11 is 0. The van der Waals surface area contributed by atoms with Crippen LogP contribution in [0.1, 0.15) is 43.7 Å². The first-order valence-corrected chi connectivity index (χ1v) is 6.05. The molecule has 0 N–H and O–H groups in total. The summed E-state index contributed by atoms with van der Waals surface area (Å²) in [5, 5.41) is 3.96. The summed E-state index contributed by atoms with van der Waals surface area (Å²) in [6.07, 6.45) is 6.64. The van der Waals surface area contributed by atoms with Gasteiger partial charge in [-0.15, -0.1) is 0 Å². The number of hydrogen-bond donors (Lipinski definition) is 0. The van der Waals surface area contributed by atoms with Crippen LogP contribution in [-0.4, -0.2) is 12.8 Å². The van der Waals surface area contributed by atoms with Crippen molar-refractivity contribution in [1.29, 1.82) is 0 Å². The Kier molecular flexibility index (Phi) is 6.31. The highest BCUT2D eigenvalue weighted by Gasteiger charge is 1.89. The van der Waals surface area contributed by atoms with E-state index in [1.54, 1.807) is 6.21 Å². The highest BCUT2D eigenvalue weighted by molar-refractivity contribution is 5.79. The lowest BCUT2D eigenvalue weighted by Gasteiger charge is -1.98. The quantitative estimate of drug-likeness (QED) is 0.387. The van der Waals surface area contributed by atoms with E-state index in [2.05, 4.69) is 31.1 Å². The maximum Gasteiger partial charge on any atom is 0.117 e. The van der Waals surface area contributed by atoms with Gasteiger partial charge in [0, 0.05) is 0 Å². The van der Waals surface area contributed by atoms with Crippen LogP contribution in [0.5, 0.6) is 0 Å². The van der Waals surface area contributed by atoms with Gasteiger partial charge in [-0.3, -0.25) is 0 Å². The third-order valence-corrected chi connectivity index (χ3v) is 2.41. The zero-order valence-electron chi connectivity index (χ0n) is 10.3. The van der Waals surface area contributed by atoms with Crippen LogP contribution in [0.4, 0.5) is 0 Å². The lowest BCUT2D eigenvalue weighted by atomic mass is 10.2. The Morgan fingerprint density at radius 3 is 2.88 bits per heavy atom. The Labute approximate surface area is 98.3 Å². The summed E-state index contributed by atoms with van der Waals surface area (Å²) in [7, 11) is 0. The first kappa shape index (κ1) is 12.8. The van der Waals surface area contributed by atoms with Crippen molar-refractivity contribution < 1.29 is 4.84 Å². The predicted molar refractivity (Wildman–Crippen MR) is 68.9 cm³/mol. The Balaban J connectivity index is 2.17. The van der Waals surface area contributed by atoms with Crippen molar-refractivity contribution in [3.05, 3.63) is 35.4 Å². The molecule has 2 heteroatoms. The van der Waals surface area contributed by atoms with Gasteiger partial charge in [0.1, 0.15) is 6.61 Å². The highest BCUT2D eigenvalue weighted by atomic mass is 16.6. The van der Waals surface area contributed by atoms with Crippen LogP contribution in [0, 0.1) is 6.92 Å². The first-order valence-electron chi connectivity index (χ1n) is 6.05. The van der Waals surface area contributed by atoms with Crippen LogP contribution in [0.15, 0.2) is 29.4 Å². The molecule has 0 bridgehead atoms. The van der Waals surface area contributed by atoms with Gasteiger partial charge < -0.3 is 4.84 Å². The van der Waals surface area contributed by atoms with E-state index in [-0.39, 0.29) is 0 Å². The van der Waals surface area contributed by atoms with Crippen molar-refractivity contribution in [2.24, 2.45) is 5.16 Å². The van der Waals surface area contributed by atoms with Gasteiger partial charge in [0.2, 0.25) is 0 Å². The van der Waals surface area contributed by atoms with Gasteiger partial charge in [-0.05, 0) is 25.3 Å². The molecule has 0 aliphatic heterocycles. The van der Waals surface area contributed by atoms with Gasteiger partial charge in [-0.25, -0.2) is 0 Å². The molecule has 2 nitrogen and oxygen atoms in total. The number of aryl methyl sites for hydroxylation is 1. The second kappa shape index (κ2) is 7.91. The summed E-state index contributed by atoms with van der Waals surface area (Å²) in [6, 6.07) is 8.21. The maximum absolute atomic E-state index is 5.19. The lowest BCUT2D eigenvalue weighted by Crippen LogP contribution is -1.89. The molecule has 0 unspecified atom stereocenters. The molecule has 1 aromatic carbocycles. The van der Waals surface area contributed by atoms with Crippen LogP contribution in [0.3, 0.4) is 0 Å². The normalized spacial score (nSPS) is 10.9. The fourth-order valence-electron chi connectivity index (χ4n) is 1.49. The van der Waals surface area contributed by atoms with Crippen LogP contribution >= 0.6 is 0 Å². The minimum Gasteiger partial charge on any atom is -0.396 e. The van der Waals surface area contributed by atoms with E-state index in [0.717, 1.165) is 18.6 Å². The molecule has 0 aliphatic carbocycles. The average Bonchev–Trinajstić information content (AvgIpc) is 2.28. The molecule has 0 aliphatic rings. The zero-order valence-corrected chi connectivity index (χ0v) is 10.3. The SMILES string of the molecule is CCCCCCON=Cc1cccc(C)c1. The summed E-state index contributed by atoms with van der Waals surface area (Å²) in [4.78, 5) is 5.19. The van der Waals surface area contributed by atoms with E-state index < -0.39 is 0 Å². The number of unbranched alkanes of at least 4 members (excludes halogenated alkanes) is 3. The number of hydrogen-bond acceptors (Lipinski definition) is 2. The Morgan fingerprint density at radius 2 is 2.12 bits per heavy atom. The predicted octanol–water partition coefficient (Wildman–Crippen LogP) is 3.93. The van der Waals surface area contributed by atoms with Gasteiger partial charge in [-0.2, -0.15) is 0 Å². The summed E-state index contributed by atoms with van der Waals surface area (Å²) in [5.41, 5.74) is 2.33. The van der Waals surface area contributed by atoms with Crippen molar-refractivity contribution in [2.45, 2.75) is 39.5 Å². The fourth-order valence-corrected chi connectivity index (χ4v) is 1.49. The van der Waals surface area contributed by atoms with Crippen LogP contribution in [0.25, 0.3) is 0 Å². The summed E-state index contributed by atoms with van der Waals surface area (Å²) in [6.45, 7) is 5.00. The summed E-state index contributed by atoms with van der Waals surface area (Å²) < 4.78 is 0. The molecule has 16 heavy (non-hydrogen) atoms. The van der Waals surface area contributed by atoms with E-state index in [9.17, 15) is 0 Å². The molecule has 0 radical (unpaired) electrons. The number of benzene rings is 1. The van der Waals surface area contributed by atoms with Crippen molar-refractivity contribution in [3.63, 3.8) is 0 Å². The molecular weight excluding hydrogens is 198 g/mol. The van der Waals surface area contributed by atoms with Crippen molar-refractivity contribution in [1.82, 2.24) is 0 Å². The molecule has 0 heterocycles. The lowest BCUT2D eigenvalue weighted by molar-refractivity contribution is 0.141. The van der Waals surface area contributed by atoms with E-state index in [4.69, 9.17) is 4.84 Å². The Hall–Kier alpha value is -1.31. The second-order valence-electron chi connectivity index (χ2n) is 4.04. The molecule has 1 rings (SSSR count). The van der Waals surface area contributed by atoms with Crippen molar-refractivity contribution >= 4 is 6.21 Å². The minimum absolute atomic E-state index is 0.725. The third kappa shape index (κ3) is 5.54. The standard InChI is InChI=1S/C14H21NO/c1-3-4-5-6-10-16-15-12-14-9-7-8-13(2)11-14/h7-9,11-12H,3-6,10H2,1-2H3. The largest absolute Gasteiger partial charge is 0.396 e. The first-order chi connectivity index (χ1) is 7.83. The molecule has 0 aromatic heterocycles. The number of rotatable bonds is 7. The van der Waals surface area contributed by atoms with Crippen LogP contribution in [-0.2, 0) is 4.84 Å². The van der Waals surface area contributed by atoms with E-state index in [0.29, 0.717) is 0 Å². The molecule has 0 spiro atoms. The monoisotopic (exact) mass is 219 g/mol. The summed E-state index contributed by atoms with van der Waals surface area (Å²) in [5.74, 6) is 0. The minimum atomic E-state index is 0.725.